The van der Waals surface area contributed by atoms with Crippen LogP contribution in [0.2, 0.25) is 0 Å². The molecule has 0 spiro atoms. The highest BCUT2D eigenvalue weighted by Crippen LogP contribution is 2.30. The van der Waals surface area contributed by atoms with Gasteiger partial charge in [0.05, 0.1) is 12.0 Å². The molecule has 0 unspecified atom stereocenters. The van der Waals surface area contributed by atoms with Crippen molar-refractivity contribution in [2.24, 2.45) is 0 Å². The first-order valence-corrected chi connectivity index (χ1v) is 12.5. The van der Waals surface area contributed by atoms with Crippen molar-refractivity contribution in [1.29, 1.82) is 0 Å². The predicted molar refractivity (Wildman–Crippen MR) is 131 cm³/mol. The molecule has 3 aromatic rings. The lowest BCUT2D eigenvalue weighted by molar-refractivity contribution is -0.127. The molecule has 1 atom stereocenters. The van der Waals surface area contributed by atoms with E-state index in [4.69, 9.17) is 4.74 Å². The molecule has 0 aliphatic heterocycles. The first-order chi connectivity index (χ1) is 16.6. The normalized spacial score (nSPS) is 14.9. The molecule has 1 fully saturated rings. The number of amides is 2. The van der Waals surface area contributed by atoms with Gasteiger partial charge in [-0.3, -0.25) is 9.59 Å². The number of hydrogen-bond acceptors (Lipinski definition) is 4. The highest BCUT2D eigenvalue weighted by atomic mass is 32.1. The van der Waals surface area contributed by atoms with Gasteiger partial charge < -0.3 is 15.0 Å². The Hall–Kier alpha value is -3.19. The Bertz CT molecular complexity index is 1100. The highest BCUT2D eigenvalue weighted by Gasteiger charge is 2.35. The van der Waals surface area contributed by atoms with E-state index in [1.165, 1.54) is 22.3 Å². The number of nitrogens with one attached hydrogen (secondary N) is 1. The van der Waals surface area contributed by atoms with Crippen LogP contribution in [0.5, 0.6) is 5.75 Å². The van der Waals surface area contributed by atoms with Gasteiger partial charge in [-0.2, -0.15) is 0 Å². The van der Waals surface area contributed by atoms with E-state index in [1.807, 2.05) is 29.6 Å². The molecule has 7 heteroatoms. The molecule has 1 saturated carbocycles. The zero-order valence-corrected chi connectivity index (χ0v) is 20.0. The number of thiophene rings is 1. The van der Waals surface area contributed by atoms with E-state index in [9.17, 15) is 9.59 Å². The molecule has 2 amide bonds. The van der Waals surface area contributed by atoms with Crippen LogP contribution in [0.25, 0.3) is 0 Å². The van der Waals surface area contributed by atoms with Crippen LogP contribution in [-0.2, 0) is 11.3 Å². The second-order valence-electron chi connectivity index (χ2n) is 8.53. The second-order valence-corrected chi connectivity index (χ2v) is 9.47. The molecule has 2 aromatic carbocycles. The van der Waals surface area contributed by atoms with Gasteiger partial charge in [0.25, 0.3) is 5.91 Å². The number of benzene rings is 2. The third-order valence-electron chi connectivity index (χ3n) is 6.22. The van der Waals surface area contributed by atoms with Crippen molar-refractivity contribution >= 4 is 23.2 Å². The molecular formula is C27H29FN2O3S. The number of nitrogens with zero attached hydrogens (tertiary/aromatic N) is 1. The van der Waals surface area contributed by atoms with Gasteiger partial charge in [0, 0.05) is 18.2 Å². The number of rotatable bonds is 8. The quantitative estimate of drug-likeness (QED) is 0.448. The molecule has 1 aliphatic carbocycles. The van der Waals surface area contributed by atoms with Crippen LogP contribution in [0.4, 0.5) is 4.39 Å². The average Bonchev–Trinajstić information content (AvgIpc) is 3.40. The first-order valence-electron chi connectivity index (χ1n) is 11.6. The van der Waals surface area contributed by atoms with Gasteiger partial charge in [-0.1, -0.05) is 55.7 Å². The minimum Gasteiger partial charge on any atom is -0.497 e. The van der Waals surface area contributed by atoms with E-state index in [2.05, 4.69) is 5.32 Å². The van der Waals surface area contributed by atoms with E-state index in [1.54, 1.807) is 37.4 Å². The second kappa shape index (κ2) is 11.3. The summed E-state index contributed by atoms with van der Waals surface area (Å²) in [6.45, 7) is 0.151. The van der Waals surface area contributed by atoms with Crippen molar-refractivity contribution in [3.63, 3.8) is 0 Å². The summed E-state index contributed by atoms with van der Waals surface area (Å²) in [5, 5.41) is 4.93. The minimum atomic E-state index is -1.10. The fourth-order valence-corrected chi connectivity index (χ4v) is 5.10. The Balaban J connectivity index is 1.73. The topological polar surface area (TPSA) is 58.6 Å². The van der Waals surface area contributed by atoms with Gasteiger partial charge in [-0.25, -0.2) is 4.39 Å². The van der Waals surface area contributed by atoms with Gasteiger partial charge in [0.15, 0.2) is 0 Å². The fraction of sp³-hybridized carbons (Fsp3) is 0.333. The number of ether oxygens (including phenoxy) is 1. The Morgan fingerprint density at radius 3 is 2.44 bits per heavy atom. The average molecular weight is 481 g/mol. The number of hydrogen-bond donors (Lipinski definition) is 1. The Labute approximate surface area is 203 Å². The van der Waals surface area contributed by atoms with Crippen molar-refractivity contribution < 1.29 is 18.7 Å². The maximum absolute atomic E-state index is 15.1. The smallest absolute Gasteiger partial charge is 0.265 e. The Morgan fingerprint density at radius 2 is 1.79 bits per heavy atom. The van der Waals surface area contributed by atoms with Crippen LogP contribution in [-0.4, -0.2) is 29.9 Å². The van der Waals surface area contributed by atoms with E-state index >= 15 is 4.39 Å². The lowest BCUT2D eigenvalue weighted by Crippen LogP contribution is -2.47. The van der Waals surface area contributed by atoms with E-state index in [-0.39, 0.29) is 30.0 Å². The SMILES string of the molecule is COc1ccc(CN(C(=O)c2cccs2)[C@@H](C(=O)NC2CCCCC2)c2ccccc2F)cc1. The van der Waals surface area contributed by atoms with Crippen LogP contribution in [0.3, 0.4) is 0 Å². The zero-order valence-electron chi connectivity index (χ0n) is 19.2. The van der Waals surface area contributed by atoms with Crippen LogP contribution < -0.4 is 10.1 Å². The summed E-state index contributed by atoms with van der Waals surface area (Å²) in [7, 11) is 1.59. The monoisotopic (exact) mass is 480 g/mol. The minimum absolute atomic E-state index is 0.0372. The van der Waals surface area contributed by atoms with Gasteiger partial charge in [-0.05, 0) is 48.1 Å². The molecule has 34 heavy (non-hydrogen) atoms. The molecule has 5 nitrogen and oxygen atoms in total. The first kappa shape index (κ1) is 24.0. The van der Waals surface area contributed by atoms with Crippen LogP contribution in [0.15, 0.2) is 66.0 Å². The molecule has 1 N–H and O–H groups in total. The van der Waals surface area contributed by atoms with Gasteiger partial charge >= 0.3 is 0 Å². The van der Waals surface area contributed by atoms with Crippen molar-refractivity contribution in [3.05, 3.63) is 87.9 Å². The lowest BCUT2D eigenvalue weighted by Gasteiger charge is -2.33. The molecule has 178 valence electrons. The highest BCUT2D eigenvalue weighted by molar-refractivity contribution is 7.12. The Morgan fingerprint density at radius 1 is 1.06 bits per heavy atom. The maximum atomic E-state index is 15.1. The van der Waals surface area contributed by atoms with E-state index in [0.717, 1.165) is 37.7 Å². The number of carbonyl (C=O) groups is 2. The molecule has 0 radical (unpaired) electrons. The largest absolute Gasteiger partial charge is 0.497 e. The van der Waals surface area contributed by atoms with Crippen molar-refractivity contribution in [2.75, 3.05) is 7.11 Å². The summed E-state index contributed by atoms with van der Waals surface area (Å²) < 4.78 is 20.3. The fourth-order valence-electron chi connectivity index (χ4n) is 4.42. The summed E-state index contributed by atoms with van der Waals surface area (Å²) in [6.07, 6.45) is 5.06. The van der Waals surface area contributed by atoms with E-state index < -0.39 is 11.9 Å². The summed E-state index contributed by atoms with van der Waals surface area (Å²) in [5.74, 6) is -0.473. The van der Waals surface area contributed by atoms with E-state index in [0.29, 0.717) is 10.6 Å². The molecule has 1 heterocycles. The lowest BCUT2D eigenvalue weighted by atomic mass is 9.94. The summed E-state index contributed by atoms with van der Waals surface area (Å²) >= 11 is 1.30. The van der Waals surface area contributed by atoms with Crippen molar-refractivity contribution in [3.8, 4) is 5.75 Å². The number of methoxy groups -OCH3 is 1. The molecular weight excluding hydrogens is 451 g/mol. The molecule has 0 bridgehead atoms. The molecule has 1 aromatic heterocycles. The van der Waals surface area contributed by atoms with Crippen molar-refractivity contribution in [2.45, 2.75) is 50.7 Å². The Kier molecular flexibility index (Phi) is 7.95. The third-order valence-corrected chi connectivity index (χ3v) is 7.07. The van der Waals surface area contributed by atoms with Gasteiger partial charge in [-0.15, -0.1) is 11.3 Å². The van der Waals surface area contributed by atoms with Crippen LogP contribution in [0.1, 0.15) is 58.9 Å². The van der Waals surface area contributed by atoms with Gasteiger partial charge in [0.1, 0.15) is 17.6 Å². The summed E-state index contributed by atoms with van der Waals surface area (Å²) in [4.78, 5) is 29.3. The number of carbonyl (C=O) groups excluding carboxylic acids is 2. The molecule has 1 aliphatic rings. The standard InChI is InChI=1S/C27H29FN2O3S/c1-33-21-15-13-19(14-16-21)18-30(27(32)24-12-7-17-34-24)25(22-10-5-6-11-23(22)28)26(31)29-20-8-3-2-4-9-20/h5-7,10-17,20,25H,2-4,8-9,18H2,1H3,(H,29,31)/t25-/m1/s1. The van der Waals surface area contributed by atoms with Crippen LogP contribution >= 0.6 is 11.3 Å². The summed E-state index contributed by atoms with van der Waals surface area (Å²) in [6, 6.07) is 16.0. The van der Waals surface area contributed by atoms with Crippen LogP contribution in [0, 0.1) is 5.82 Å². The van der Waals surface area contributed by atoms with Crippen molar-refractivity contribution in [1.82, 2.24) is 10.2 Å². The predicted octanol–water partition coefficient (Wildman–Crippen LogP) is 5.73. The third kappa shape index (κ3) is 5.65. The zero-order chi connectivity index (χ0) is 23.9. The van der Waals surface area contributed by atoms with Gasteiger partial charge in [0.2, 0.25) is 5.91 Å². The molecule has 0 saturated heterocycles. The molecule has 4 rings (SSSR count). The maximum Gasteiger partial charge on any atom is 0.265 e. The summed E-state index contributed by atoms with van der Waals surface area (Å²) in [5.41, 5.74) is 1.01. The number of halogens is 1.